The average molecular weight is 148 g/mol. The molecule has 1 saturated carbocycles. The summed E-state index contributed by atoms with van der Waals surface area (Å²) < 4.78 is 0. The molecule has 0 amide bonds. The molecular weight excluding hydrogens is 132 g/mol. The fourth-order valence-electron chi connectivity index (χ4n) is 0.997. The van der Waals surface area contributed by atoms with Crippen molar-refractivity contribution in [2.75, 3.05) is 0 Å². The standard InChI is InChI=1S/C6H6.C5H10/c1-2-4-6-5-3-1;1-5-3-2-4-5/h1-6H;5H,2-4H2,1H3. The molecule has 0 spiro atoms. The van der Waals surface area contributed by atoms with Gasteiger partial charge in [-0.1, -0.05) is 62.6 Å². The second kappa shape index (κ2) is 4.95. The Morgan fingerprint density at radius 2 is 1.09 bits per heavy atom. The predicted molar refractivity (Wildman–Crippen MR) is 49.5 cm³/mol. The van der Waals surface area contributed by atoms with E-state index in [1.165, 1.54) is 19.3 Å². The van der Waals surface area contributed by atoms with Crippen LogP contribution < -0.4 is 0 Å². The first kappa shape index (κ1) is 8.32. The van der Waals surface area contributed by atoms with Gasteiger partial charge in [0.15, 0.2) is 0 Å². The van der Waals surface area contributed by atoms with Crippen LogP contribution in [0.5, 0.6) is 0 Å². The minimum atomic E-state index is 1.06. The van der Waals surface area contributed by atoms with Crippen molar-refractivity contribution < 1.29 is 0 Å². The van der Waals surface area contributed by atoms with Gasteiger partial charge in [-0.25, -0.2) is 0 Å². The van der Waals surface area contributed by atoms with Gasteiger partial charge >= 0.3 is 0 Å². The topological polar surface area (TPSA) is 0 Å². The Kier molecular flexibility index (Phi) is 3.74. The Balaban J connectivity index is 0.000000112. The van der Waals surface area contributed by atoms with Crippen LogP contribution in [0.15, 0.2) is 36.4 Å². The Labute approximate surface area is 69.3 Å². The molecule has 0 unspecified atom stereocenters. The van der Waals surface area contributed by atoms with Crippen molar-refractivity contribution in [2.45, 2.75) is 26.2 Å². The average Bonchev–Trinajstić information content (AvgIpc) is 2.05. The minimum absolute atomic E-state index is 1.06. The lowest BCUT2D eigenvalue weighted by atomic mass is 9.88. The van der Waals surface area contributed by atoms with Crippen molar-refractivity contribution in [2.24, 2.45) is 5.92 Å². The third kappa shape index (κ3) is 3.82. The first-order valence-corrected chi connectivity index (χ1v) is 4.39. The smallest absolute Gasteiger partial charge is 0.0443 e. The molecule has 0 heteroatoms. The van der Waals surface area contributed by atoms with Crippen LogP contribution in [0.1, 0.15) is 26.2 Å². The van der Waals surface area contributed by atoms with Gasteiger partial charge in [-0.15, -0.1) is 0 Å². The van der Waals surface area contributed by atoms with Gasteiger partial charge in [-0.2, -0.15) is 0 Å². The van der Waals surface area contributed by atoms with Gasteiger partial charge in [-0.05, 0) is 5.92 Å². The molecule has 1 aliphatic rings. The summed E-state index contributed by atoms with van der Waals surface area (Å²) in [6, 6.07) is 12.0. The maximum Gasteiger partial charge on any atom is -0.0443 e. The van der Waals surface area contributed by atoms with E-state index in [-0.39, 0.29) is 0 Å². The zero-order valence-corrected chi connectivity index (χ0v) is 7.16. The summed E-state index contributed by atoms with van der Waals surface area (Å²) in [7, 11) is 0. The second-order valence-electron chi connectivity index (χ2n) is 3.19. The van der Waals surface area contributed by atoms with E-state index < -0.39 is 0 Å². The highest BCUT2D eigenvalue weighted by molar-refractivity contribution is 4.99. The summed E-state index contributed by atoms with van der Waals surface area (Å²) in [5, 5.41) is 0. The van der Waals surface area contributed by atoms with E-state index in [1.807, 2.05) is 36.4 Å². The van der Waals surface area contributed by atoms with Crippen molar-refractivity contribution in [1.29, 1.82) is 0 Å². The predicted octanol–water partition coefficient (Wildman–Crippen LogP) is 3.49. The lowest BCUT2D eigenvalue weighted by molar-refractivity contribution is 0.346. The molecule has 1 aliphatic carbocycles. The third-order valence-corrected chi connectivity index (χ3v) is 2.06. The van der Waals surface area contributed by atoms with Crippen LogP contribution >= 0.6 is 0 Å². The normalized spacial score (nSPS) is 16.1. The quantitative estimate of drug-likeness (QED) is 0.528. The zero-order valence-electron chi connectivity index (χ0n) is 7.16. The molecule has 1 aromatic carbocycles. The van der Waals surface area contributed by atoms with Crippen LogP contribution in [-0.4, -0.2) is 0 Å². The van der Waals surface area contributed by atoms with Gasteiger partial charge in [0.1, 0.15) is 0 Å². The van der Waals surface area contributed by atoms with Gasteiger partial charge in [0.05, 0.1) is 0 Å². The summed E-state index contributed by atoms with van der Waals surface area (Å²) >= 11 is 0. The maximum absolute atomic E-state index is 2.31. The fourth-order valence-corrected chi connectivity index (χ4v) is 0.997. The Morgan fingerprint density at radius 1 is 0.818 bits per heavy atom. The Hall–Kier alpha value is -0.780. The largest absolute Gasteiger partial charge is 0.0625 e. The van der Waals surface area contributed by atoms with Crippen molar-refractivity contribution in [3.05, 3.63) is 36.4 Å². The first-order valence-electron chi connectivity index (χ1n) is 4.39. The molecule has 0 atom stereocenters. The maximum atomic E-state index is 2.31. The van der Waals surface area contributed by atoms with Crippen LogP contribution in [0.3, 0.4) is 0 Å². The number of hydrogen-bond donors (Lipinski definition) is 0. The fraction of sp³-hybridized carbons (Fsp3) is 0.455. The minimum Gasteiger partial charge on any atom is -0.0625 e. The molecule has 2 rings (SSSR count). The van der Waals surface area contributed by atoms with Crippen LogP contribution in [0, 0.1) is 5.92 Å². The Bertz CT molecular complexity index is 136. The number of hydrogen-bond acceptors (Lipinski definition) is 0. The molecule has 11 heavy (non-hydrogen) atoms. The lowest BCUT2D eigenvalue weighted by Crippen LogP contribution is -2.04. The molecule has 0 bridgehead atoms. The molecule has 0 radical (unpaired) electrons. The molecule has 0 heterocycles. The highest BCUT2D eigenvalue weighted by atomic mass is 14.1. The summed E-state index contributed by atoms with van der Waals surface area (Å²) in [6.45, 7) is 2.31. The third-order valence-electron chi connectivity index (χ3n) is 2.06. The van der Waals surface area contributed by atoms with Crippen LogP contribution in [0.2, 0.25) is 0 Å². The molecular formula is C11H16. The summed E-state index contributed by atoms with van der Waals surface area (Å²) in [5.74, 6) is 1.06. The van der Waals surface area contributed by atoms with Gasteiger partial charge in [0.25, 0.3) is 0 Å². The molecule has 0 nitrogen and oxygen atoms in total. The van der Waals surface area contributed by atoms with Crippen molar-refractivity contribution >= 4 is 0 Å². The number of benzene rings is 1. The molecule has 1 aromatic rings. The SMILES string of the molecule is CC1CCC1.c1ccccc1. The van der Waals surface area contributed by atoms with Gasteiger partial charge in [-0.3, -0.25) is 0 Å². The second-order valence-corrected chi connectivity index (χ2v) is 3.19. The van der Waals surface area contributed by atoms with Crippen LogP contribution in [0.25, 0.3) is 0 Å². The van der Waals surface area contributed by atoms with Crippen LogP contribution in [0.4, 0.5) is 0 Å². The molecule has 60 valence electrons. The molecule has 0 aliphatic heterocycles. The summed E-state index contributed by atoms with van der Waals surface area (Å²) in [4.78, 5) is 0. The zero-order chi connectivity index (χ0) is 7.94. The highest BCUT2D eigenvalue weighted by Crippen LogP contribution is 2.24. The molecule has 0 saturated heterocycles. The van der Waals surface area contributed by atoms with E-state index in [1.54, 1.807) is 0 Å². The van der Waals surface area contributed by atoms with E-state index in [0.717, 1.165) is 5.92 Å². The van der Waals surface area contributed by atoms with Gasteiger partial charge < -0.3 is 0 Å². The van der Waals surface area contributed by atoms with Gasteiger partial charge in [0, 0.05) is 0 Å². The number of rotatable bonds is 0. The molecule has 0 N–H and O–H groups in total. The van der Waals surface area contributed by atoms with E-state index in [0.29, 0.717) is 0 Å². The first-order chi connectivity index (χ1) is 5.39. The lowest BCUT2D eigenvalue weighted by Gasteiger charge is -2.18. The molecule has 1 fully saturated rings. The van der Waals surface area contributed by atoms with E-state index in [9.17, 15) is 0 Å². The monoisotopic (exact) mass is 148 g/mol. The van der Waals surface area contributed by atoms with E-state index >= 15 is 0 Å². The highest BCUT2D eigenvalue weighted by Gasteiger charge is 2.09. The van der Waals surface area contributed by atoms with Crippen molar-refractivity contribution in [1.82, 2.24) is 0 Å². The summed E-state index contributed by atoms with van der Waals surface area (Å²) in [6.07, 6.45) is 4.46. The van der Waals surface area contributed by atoms with Crippen LogP contribution in [-0.2, 0) is 0 Å². The van der Waals surface area contributed by atoms with Crippen molar-refractivity contribution in [3.8, 4) is 0 Å². The molecule has 0 aromatic heterocycles. The van der Waals surface area contributed by atoms with E-state index in [4.69, 9.17) is 0 Å². The van der Waals surface area contributed by atoms with E-state index in [2.05, 4.69) is 6.92 Å². The van der Waals surface area contributed by atoms with Crippen molar-refractivity contribution in [3.63, 3.8) is 0 Å². The Morgan fingerprint density at radius 3 is 1.18 bits per heavy atom. The van der Waals surface area contributed by atoms with Gasteiger partial charge in [0.2, 0.25) is 0 Å². The summed E-state index contributed by atoms with van der Waals surface area (Å²) in [5.41, 5.74) is 0.